The van der Waals surface area contributed by atoms with Crippen molar-refractivity contribution in [1.82, 2.24) is 0 Å². The van der Waals surface area contributed by atoms with Crippen molar-refractivity contribution in [2.75, 3.05) is 13.2 Å². The second-order valence-electron chi connectivity index (χ2n) is 3.53. The first-order valence-electron chi connectivity index (χ1n) is 5.62. The largest absolute Gasteiger partial charge is 0.480 e. The summed E-state index contributed by atoms with van der Waals surface area (Å²) in [5.41, 5.74) is 0. The van der Waals surface area contributed by atoms with E-state index in [4.69, 9.17) is 10.2 Å². The number of rotatable bonds is 8. The van der Waals surface area contributed by atoms with Gasteiger partial charge >= 0.3 is 23.9 Å². The van der Waals surface area contributed by atoms with Crippen molar-refractivity contribution in [3.05, 3.63) is 0 Å². The number of hydrogen-bond acceptors (Lipinski definition) is 8. The molecule has 0 saturated carbocycles. The SMILES string of the molecule is CCOC(=O)C(C(=O)OCC)S(=O)(=O)C(C(=O)O)C(=O)O. The highest BCUT2D eigenvalue weighted by Gasteiger charge is 2.52. The Kier molecular flexibility index (Phi) is 6.79. The Morgan fingerprint density at radius 1 is 0.857 bits per heavy atom. The van der Waals surface area contributed by atoms with Crippen LogP contribution in [0.4, 0.5) is 0 Å². The number of carbonyl (C=O) groups excluding carboxylic acids is 2. The highest BCUT2D eigenvalue weighted by atomic mass is 32.2. The van der Waals surface area contributed by atoms with Gasteiger partial charge in [-0.3, -0.25) is 19.2 Å². The van der Waals surface area contributed by atoms with E-state index in [0.29, 0.717) is 0 Å². The summed E-state index contributed by atoms with van der Waals surface area (Å²) < 4.78 is 32.7. The molecule has 10 nitrogen and oxygen atoms in total. The van der Waals surface area contributed by atoms with E-state index >= 15 is 0 Å². The Bertz CT molecular complexity index is 502. The first-order valence-corrected chi connectivity index (χ1v) is 7.23. The number of carboxylic acid groups (broad SMARTS) is 2. The number of aliphatic carboxylic acids is 2. The molecule has 0 saturated heterocycles. The van der Waals surface area contributed by atoms with Gasteiger partial charge in [-0.2, -0.15) is 0 Å². The molecule has 120 valence electrons. The maximum absolute atomic E-state index is 12.0. The lowest BCUT2D eigenvalue weighted by Crippen LogP contribution is -2.50. The van der Waals surface area contributed by atoms with Crippen molar-refractivity contribution in [1.29, 1.82) is 0 Å². The third-order valence-electron chi connectivity index (χ3n) is 2.11. The zero-order valence-electron chi connectivity index (χ0n) is 11.1. The summed E-state index contributed by atoms with van der Waals surface area (Å²) in [6.07, 6.45) is 0. The molecule has 0 aliphatic rings. The summed E-state index contributed by atoms with van der Waals surface area (Å²) in [5, 5.41) is 11.7. The molecule has 0 heterocycles. The van der Waals surface area contributed by atoms with Crippen molar-refractivity contribution in [3.63, 3.8) is 0 Å². The number of esters is 2. The minimum atomic E-state index is -5.25. The number of ether oxygens (including phenoxy) is 2. The predicted octanol–water partition coefficient (Wildman–Crippen LogP) is -1.57. The van der Waals surface area contributed by atoms with Crippen LogP contribution in [0.2, 0.25) is 0 Å². The van der Waals surface area contributed by atoms with Gasteiger partial charge in [0.05, 0.1) is 13.2 Å². The van der Waals surface area contributed by atoms with E-state index in [0.717, 1.165) is 0 Å². The third-order valence-corrected chi connectivity index (χ3v) is 4.21. The van der Waals surface area contributed by atoms with Crippen LogP contribution in [0.5, 0.6) is 0 Å². The Morgan fingerprint density at radius 3 is 1.43 bits per heavy atom. The molecular weight excluding hydrogens is 312 g/mol. The van der Waals surface area contributed by atoms with E-state index in [9.17, 15) is 27.6 Å². The lowest BCUT2D eigenvalue weighted by atomic mass is 10.4. The molecule has 0 aliphatic heterocycles. The predicted molar refractivity (Wildman–Crippen MR) is 65.0 cm³/mol. The van der Waals surface area contributed by atoms with Crippen LogP contribution in [0.3, 0.4) is 0 Å². The Morgan fingerprint density at radius 2 is 1.19 bits per heavy atom. The van der Waals surface area contributed by atoms with E-state index in [2.05, 4.69) is 9.47 Å². The van der Waals surface area contributed by atoms with E-state index in [1.54, 1.807) is 0 Å². The van der Waals surface area contributed by atoms with Crippen LogP contribution in [0.1, 0.15) is 13.8 Å². The Labute approximate surface area is 119 Å². The van der Waals surface area contributed by atoms with Crippen LogP contribution >= 0.6 is 0 Å². The standard InChI is InChI=1S/C10H14O10S/c1-3-19-9(15)6(10(16)20-4-2)21(17,18)5(7(11)12)8(13)14/h5-6H,3-4H2,1-2H3,(H,11,12)(H,13,14). The summed E-state index contributed by atoms with van der Waals surface area (Å²) in [6, 6.07) is 0. The maximum atomic E-state index is 12.0. The molecule has 0 unspecified atom stereocenters. The van der Waals surface area contributed by atoms with Crippen LogP contribution in [-0.2, 0) is 38.5 Å². The van der Waals surface area contributed by atoms with E-state index in [1.165, 1.54) is 13.8 Å². The van der Waals surface area contributed by atoms with Gasteiger partial charge < -0.3 is 19.7 Å². The van der Waals surface area contributed by atoms with Crippen LogP contribution in [0.15, 0.2) is 0 Å². The van der Waals surface area contributed by atoms with Gasteiger partial charge in [-0.05, 0) is 13.8 Å². The molecule has 21 heavy (non-hydrogen) atoms. The molecule has 0 bridgehead atoms. The van der Waals surface area contributed by atoms with E-state index in [-0.39, 0.29) is 13.2 Å². The van der Waals surface area contributed by atoms with Gasteiger partial charge in [0.2, 0.25) is 0 Å². The molecule has 0 atom stereocenters. The molecule has 0 rings (SSSR count). The normalized spacial score (nSPS) is 11.2. The number of carboxylic acids is 2. The third kappa shape index (κ3) is 4.41. The van der Waals surface area contributed by atoms with Crippen LogP contribution < -0.4 is 0 Å². The average molecular weight is 326 g/mol. The quantitative estimate of drug-likeness (QED) is 0.394. The van der Waals surface area contributed by atoms with E-state index in [1.807, 2.05) is 0 Å². The first-order chi connectivity index (χ1) is 9.61. The second kappa shape index (κ2) is 7.57. The molecule has 0 aromatic carbocycles. The number of hydrogen-bond donors (Lipinski definition) is 2. The highest BCUT2D eigenvalue weighted by molar-refractivity contribution is 7.95. The summed E-state index contributed by atoms with van der Waals surface area (Å²) in [7, 11) is -5.25. The van der Waals surface area contributed by atoms with Gasteiger partial charge in [-0.15, -0.1) is 0 Å². The number of carbonyl (C=O) groups is 4. The zero-order chi connectivity index (χ0) is 16.8. The number of sulfone groups is 1. The van der Waals surface area contributed by atoms with Gasteiger partial charge in [0, 0.05) is 0 Å². The fourth-order valence-electron chi connectivity index (χ4n) is 1.32. The summed E-state index contributed by atoms with van der Waals surface area (Å²) in [5.74, 6) is -7.66. The van der Waals surface area contributed by atoms with Crippen molar-refractivity contribution >= 4 is 33.7 Å². The minimum absolute atomic E-state index is 0.297. The Balaban J connectivity index is 5.89. The van der Waals surface area contributed by atoms with Gasteiger partial charge in [0.25, 0.3) is 10.5 Å². The van der Waals surface area contributed by atoms with Crippen LogP contribution in [-0.4, -0.2) is 66.2 Å². The molecule has 0 spiro atoms. The smallest absolute Gasteiger partial charge is 0.336 e. The molecular formula is C10H14O10S. The van der Waals surface area contributed by atoms with Crippen molar-refractivity contribution in [2.24, 2.45) is 0 Å². The van der Waals surface area contributed by atoms with E-state index < -0.39 is 44.2 Å². The Hall–Kier alpha value is -2.17. The van der Waals surface area contributed by atoms with Gasteiger partial charge in [0.1, 0.15) is 0 Å². The fourth-order valence-corrected chi connectivity index (χ4v) is 2.83. The molecule has 0 radical (unpaired) electrons. The maximum Gasteiger partial charge on any atom is 0.336 e. The molecule has 2 N–H and O–H groups in total. The van der Waals surface area contributed by atoms with Crippen LogP contribution in [0, 0.1) is 0 Å². The summed E-state index contributed by atoms with van der Waals surface area (Å²) >= 11 is 0. The topological polar surface area (TPSA) is 161 Å². The summed E-state index contributed by atoms with van der Waals surface area (Å²) in [4.78, 5) is 44.7. The minimum Gasteiger partial charge on any atom is -0.480 e. The molecule has 0 amide bonds. The van der Waals surface area contributed by atoms with Crippen molar-refractivity contribution in [2.45, 2.75) is 24.3 Å². The van der Waals surface area contributed by atoms with Gasteiger partial charge in [-0.1, -0.05) is 0 Å². The average Bonchev–Trinajstić information content (AvgIpc) is 2.26. The molecule has 0 aromatic rings. The van der Waals surface area contributed by atoms with Crippen LogP contribution in [0.25, 0.3) is 0 Å². The zero-order valence-corrected chi connectivity index (χ0v) is 12.0. The first kappa shape index (κ1) is 18.8. The lowest BCUT2D eigenvalue weighted by Gasteiger charge is -2.17. The fraction of sp³-hybridized carbons (Fsp3) is 0.600. The van der Waals surface area contributed by atoms with Gasteiger partial charge in [0.15, 0.2) is 9.84 Å². The molecule has 11 heteroatoms. The second-order valence-corrected chi connectivity index (χ2v) is 5.65. The molecule has 0 aliphatic carbocycles. The molecule has 0 aromatic heterocycles. The highest BCUT2D eigenvalue weighted by Crippen LogP contribution is 2.15. The monoisotopic (exact) mass is 326 g/mol. The van der Waals surface area contributed by atoms with Gasteiger partial charge in [-0.25, -0.2) is 8.42 Å². The van der Waals surface area contributed by atoms with Crippen molar-refractivity contribution < 1.29 is 47.3 Å². The van der Waals surface area contributed by atoms with Crippen molar-refractivity contribution in [3.8, 4) is 0 Å². The lowest BCUT2D eigenvalue weighted by molar-refractivity contribution is -0.153. The summed E-state index contributed by atoms with van der Waals surface area (Å²) in [6.45, 7) is 2.04. The molecule has 0 fully saturated rings.